The molecule has 0 spiro atoms. The maximum Gasteiger partial charge on any atom is 0.188 e. The lowest BCUT2D eigenvalue weighted by Crippen LogP contribution is -2.24. The van der Waals surface area contributed by atoms with Gasteiger partial charge in [0.15, 0.2) is 5.78 Å². The molecule has 88 valence electrons. The number of hydrogen-bond donors (Lipinski definition) is 0. The van der Waals surface area contributed by atoms with Gasteiger partial charge in [0, 0.05) is 5.56 Å². The predicted molar refractivity (Wildman–Crippen MR) is 61.2 cm³/mol. The summed E-state index contributed by atoms with van der Waals surface area (Å²) in [6.07, 6.45) is 0. The molecule has 0 aromatic heterocycles. The first-order chi connectivity index (χ1) is 7.29. The highest BCUT2D eigenvalue weighted by atomic mass is 19.1. The Morgan fingerprint density at radius 2 is 2.00 bits per heavy atom. The molecule has 0 N–H and O–H groups in total. The maximum absolute atomic E-state index is 13.0. The van der Waals surface area contributed by atoms with E-state index in [-0.39, 0.29) is 18.0 Å². The molecular weight excluding hydrogens is 207 g/mol. The lowest BCUT2D eigenvalue weighted by molar-refractivity contribution is 0.00302. The van der Waals surface area contributed by atoms with Gasteiger partial charge in [0.2, 0.25) is 0 Å². The summed E-state index contributed by atoms with van der Waals surface area (Å²) in [4.78, 5) is 11.8. The van der Waals surface area contributed by atoms with Gasteiger partial charge in [-0.3, -0.25) is 4.79 Å². The summed E-state index contributed by atoms with van der Waals surface area (Å²) in [5.41, 5.74) is 0.796. The van der Waals surface area contributed by atoms with Gasteiger partial charge in [0.25, 0.3) is 0 Å². The highest BCUT2D eigenvalue weighted by Crippen LogP contribution is 2.13. The molecule has 0 atom stereocenters. The van der Waals surface area contributed by atoms with Crippen molar-refractivity contribution in [2.45, 2.75) is 33.3 Å². The third kappa shape index (κ3) is 3.74. The van der Waals surface area contributed by atoms with Gasteiger partial charge in [-0.15, -0.1) is 0 Å². The second-order valence-corrected chi connectivity index (χ2v) is 4.78. The van der Waals surface area contributed by atoms with Crippen LogP contribution in [0.25, 0.3) is 0 Å². The quantitative estimate of drug-likeness (QED) is 0.737. The van der Waals surface area contributed by atoms with Crippen molar-refractivity contribution in [1.29, 1.82) is 0 Å². The number of benzene rings is 1. The van der Waals surface area contributed by atoms with Crippen molar-refractivity contribution in [1.82, 2.24) is 0 Å². The van der Waals surface area contributed by atoms with Gasteiger partial charge in [0.05, 0.1) is 5.60 Å². The van der Waals surface area contributed by atoms with E-state index in [4.69, 9.17) is 4.74 Å². The van der Waals surface area contributed by atoms with Crippen molar-refractivity contribution < 1.29 is 13.9 Å². The van der Waals surface area contributed by atoms with Gasteiger partial charge in [-0.25, -0.2) is 4.39 Å². The molecule has 0 saturated heterocycles. The number of carbonyl (C=O) groups is 1. The molecule has 0 heterocycles. The molecule has 1 aromatic carbocycles. The lowest BCUT2D eigenvalue weighted by Gasteiger charge is -2.19. The molecule has 0 fully saturated rings. The Morgan fingerprint density at radius 3 is 2.56 bits per heavy atom. The number of carbonyl (C=O) groups excluding carboxylic acids is 1. The number of ketones is 1. The van der Waals surface area contributed by atoms with Gasteiger partial charge in [0.1, 0.15) is 12.4 Å². The Hall–Kier alpha value is -1.22. The predicted octanol–water partition coefficient (Wildman–Crippen LogP) is 3.13. The number of hydrogen-bond acceptors (Lipinski definition) is 2. The Kier molecular flexibility index (Phi) is 3.81. The fraction of sp³-hybridized carbons (Fsp3) is 0.462. The fourth-order valence-corrected chi connectivity index (χ4v) is 1.25. The van der Waals surface area contributed by atoms with E-state index >= 15 is 0 Å². The van der Waals surface area contributed by atoms with Crippen LogP contribution in [0.15, 0.2) is 18.2 Å². The van der Waals surface area contributed by atoms with E-state index < -0.39 is 5.82 Å². The Balaban J connectivity index is 2.77. The average molecular weight is 224 g/mol. The van der Waals surface area contributed by atoms with E-state index in [2.05, 4.69) is 0 Å². The van der Waals surface area contributed by atoms with Crippen LogP contribution in [-0.4, -0.2) is 18.0 Å². The zero-order valence-corrected chi connectivity index (χ0v) is 10.1. The monoisotopic (exact) mass is 224 g/mol. The molecule has 0 aliphatic carbocycles. The summed E-state index contributed by atoms with van der Waals surface area (Å²) in [5, 5.41) is 0. The van der Waals surface area contributed by atoms with E-state index in [1.54, 1.807) is 13.0 Å². The molecule has 3 heteroatoms. The molecule has 0 aliphatic rings. The van der Waals surface area contributed by atoms with E-state index in [0.29, 0.717) is 5.56 Å². The van der Waals surface area contributed by atoms with Crippen LogP contribution < -0.4 is 0 Å². The number of Topliss-reactive ketones (excluding diaryl/α,β-unsaturated/α-hetero) is 1. The van der Waals surface area contributed by atoms with Gasteiger partial charge < -0.3 is 4.74 Å². The number of aryl methyl sites for hydroxylation is 1. The van der Waals surface area contributed by atoms with Gasteiger partial charge in [-0.05, 0) is 45.4 Å². The molecule has 1 aromatic rings. The molecule has 0 unspecified atom stereocenters. The van der Waals surface area contributed by atoms with E-state index in [1.807, 2.05) is 20.8 Å². The summed E-state index contributed by atoms with van der Waals surface area (Å²) in [6.45, 7) is 7.38. The Labute approximate surface area is 95.4 Å². The molecule has 0 amide bonds. The first-order valence-corrected chi connectivity index (χ1v) is 5.23. The summed E-state index contributed by atoms with van der Waals surface area (Å²) in [5.74, 6) is -0.586. The zero-order chi connectivity index (χ0) is 12.3. The van der Waals surface area contributed by atoms with Crippen LogP contribution in [0.4, 0.5) is 4.39 Å². The van der Waals surface area contributed by atoms with Crippen LogP contribution >= 0.6 is 0 Å². The van der Waals surface area contributed by atoms with E-state index in [0.717, 1.165) is 5.56 Å². The van der Waals surface area contributed by atoms with Crippen molar-refractivity contribution in [3.05, 3.63) is 35.1 Å². The van der Waals surface area contributed by atoms with Crippen LogP contribution in [0.1, 0.15) is 36.7 Å². The molecule has 16 heavy (non-hydrogen) atoms. The van der Waals surface area contributed by atoms with Crippen molar-refractivity contribution in [3.8, 4) is 0 Å². The van der Waals surface area contributed by atoms with Crippen molar-refractivity contribution in [2.75, 3.05) is 6.61 Å². The van der Waals surface area contributed by atoms with Crippen LogP contribution in [0.5, 0.6) is 0 Å². The van der Waals surface area contributed by atoms with Crippen molar-refractivity contribution >= 4 is 5.78 Å². The molecule has 0 radical (unpaired) electrons. The third-order valence-electron chi connectivity index (χ3n) is 2.14. The second kappa shape index (κ2) is 4.74. The highest BCUT2D eigenvalue weighted by Gasteiger charge is 2.15. The van der Waals surface area contributed by atoms with Gasteiger partial charge in [-0.1, -0.05) is 6.07 Å². The summed E-state index contributed by atoms with van der Waals surface area (Å²) in [6, 6.07) is 4.19. The summed E-state index contributed by atoms with van der Waals surface area (Å²) < 4.78 is 18.4. The van der Waals surface area contributed by atoms with Crippen molar-refractivity contribution in [2.24, 2.45) is 0 Å². The Morgan fingerprint density at radius 1 is 1.38 bits per heavy atom. The van der Waals surface area contributed by atoms with E-state index in [1.165, 1.54) is 12.1 Å². The molecule has 0 saturated carbocycles. The smallest absolute Gasteiger partial charge is 0.188 e. The van der Waals surface area contributed by atoms with Crippen LogP contribution in [-0.2, 0) is 4.74 Å². The molecule has 0 aliphatic heterocycles. The number of rotatable bonds is 3. The highest BCUT2D eigenvalue weighted by molar-refractivity contribution is 5.98. The standard InChI is InChI=1S/C13H17FO2/c1-9-5-6-10(14)7-11(9)12(15)8-16-13(2,3)4/h5-7H,8H2,1-4H3. The lowest BCUT2D eigenvalue weighted by atomic mass is 10.0. The largest absolute Gasteiger partial charge is 0.368 e. The zero-order valence-electron chi connectivity index (χ0n) is 10.1. The molecule has 2 nitrogen and oxygen atoms in total. The third-order valence-corrected chi connectivity index (χ3v) is 2.14. The first kappa shape index (κ1) is 12.8. The molecular formula is C13H17FO2. The second-order valence-electron chi connectivity index (χ2n) is 4.78. The van der Waals surface area contributed by atoms with Gasteiger partial charge in [-0.2, -0.15) is 0 Å². The average Bonchev–Trinajstić information content (AvgIpc) is 2.17. The SMILES string of the molecule is Cc1ccc(F)cc1C(=O)COC(C)(C)C. The minimum atomic E-state index is -0.398. The van der Waals surface area contributed by atoms with E-state index in [9.17, 15) is 9.18 Å². The minimum Gasteiger partial charge on any atom is -0.368 e. The Bertz CT molecular complexity index is 391. The van der Waals surface area contributed by atoms with Crippen LogP contribution in [0, 0.1) is 12.7 Å². The van der Waals surface area contributed by atoms with Crippen LogP contribution in [0.2, 0.25) is 0 Å². The molecule has 1 rings (SSSR count). The topological polar surface area (TPSA) is 26.3 Å². The summed E-state index contributed by atoms with van der Waals surface area (Å²) >= 11 is 0. The van der Waals surface area contributed by atoms with Crippen molar-refractivity contribution in [3.63, 3.8) is 0 Å². The normalized spacial score (nSPS) is 11.6. The van der Waals surface area contributed by atoms with Crippen LogP contribution in [0.3, 0.4) is 0 Å². The maximum atomic E-state index is 13.0. The number of halogens is 1. The first-order valence-electron chi connectivity index (χ1n) is 5.23. The summed E-state index contributed by atoms with van der Waals surface area (Å²) in [7, 11) is 0. The minimum absolute atomic E-state index is 0.0200. The molecule has 0 bridgehead atoms. The van der Waals surface area contributed by atoms with Gasteiger partial charge >= 0.3 is 0 Å². The number of ether oxygens (including phenoxy) is 1. The fourth-order valence-electron chi connectivity index (χ4n) is 1.25.